The molecule has 0 radical (unpaired) electrons. The van der Waals surface area contributed by atoms with Gasteiger partial charge >= 0.3 is 59.1 Å². The van der Waals surface area contributed by atoms with Crippen molar-refractivity contribution in [2.75, 3.05) is 6.79 Å². The average molecular weight is 497 g/mol. The number of hydrogen-bond acceptors (Lipinski definition) is 7. The van der Waals surface area contributed by atoms with E-state index in [4.69, 9.17) is 9.47 Å². The molecule has 0 aliphatic carbocycles. The third kappa shape index (κ3) is 6.18. The predicted molar refractivity (Wildman–Crippen MR) is 95.6 cm³/mol. The molecule has 0 fully saturated rings. The van der Waals surface area contributed by atoms with Crippen molar-refractivity contribution in [3.63, 3.8) is 0 Å². The molecule has 0 atom stereocenters. The zero-order chi connectivity index (χ0) is 19.0. The van der Waals surface area contributed by atoms with E-state index in [1.165, 1.54) is 4.68 Å². The largest absolute Gasteiger partial charge is 1.00 e. The van der Waals surface area contributed by atoms with Gasteiger partial charge in [-0.1, -0.05) is 28.1 Å². The first-order valence-corrected chi connectivity index (χ1v) is 10.0. The van der Waals surface area contributed by atoms with Crippen molar-refractivity contribution in [3.8, 4) is 34.0 Å². The van der Waals surface area contributed by atoms with E-state index in [-0.39, 0.29) is 65.9 Å². The van der Waals surface area contributed by atoms with Gasteiger partial charge in [-0.15, -0.1) is 0 Å². The van der Waals surface area contributed by atoms with Crippen LogP contribution in [0.2, 0.25) is 0 Å². The molecule has 2 heterocycles. The second kappa shape index (κ2) is 10.4. The standard InChI is InChI=1S/C17H14BrN2O6P.2Na/c18-13-3-1-2-12(6-13)15-8-14(19-20(15)9-26-27(21,22)23)11-4-5-16-17(7-11)25-10-24-16;;/h1-8H,9-10H2,(H2,21,22,23);;/q;2*+1/p-2. The summed E-state index contributed by atoms with van der Waals surface area (Å²) in [5.74, 6) is 1.25. The van der Waals surface area contributed by atoms with Crippen molar-refractivity contribution < 1.29 is 87.5 Å². The van der Waals surface area contributed by atoms with E-state index in [9.17, 15) is 14.4 Å². The topological polar surface area (TPSA) is 109 Å². The van der Waals surface area contributed by atoms with Gasteiger partial charge in [0.2, 0.25) is 6.79 Å². The molecule has 1 aromatic heterocycles. The van der Waals surface area contributed by atoms with Gasteiger partial charge in [-0.25, -0.2) is 4.68 Å². The van der Waals surface area contributed by atoms with Crippen molar-refractivity contribution >= 4 is 23.8 Å². The van der Waals surface area contributed by atoms with Crippen LogP contribution in [0.1, 0.15) is 0 Å². The van der Waals surface area contributed by atoms with Gasteiger partial charge in [0.25, 0.3) is 0 Å². The van der Waals surface area contributed by atoms with E-state index in [1.54, 1.807) is 18.2 Å². The van der Waals surface area contributed by atoms with Crippen LogP contribution >= 0.6 is 23.8 Å². The maximum absolute atomic E-state index is 10.9. The van der Waals surface area contributed by atoms with Gasteiger partial charge < -0.3 is 28.3 Å². The zero-order valence-electron chi connectivity index (χ0n) is 15.7. The number of rotatable bonds is 5. The van der Waals surface area contributed by atoms with Crippen molar-refractivity contribution in [1.82, 2.24) is 9.78 Å². The fourth-order valence-electron chi connectivity index (χ4n) is 2.72. The van der Waals surface area contributed by atoms with Gasteiger partial charge in [-0.3, -0.25) is 0 Å². The Kier molecular flexibility index (Phi) is 9.03. The van der Waals surface area contributed by atoms with Crippen molar-refractivity contribution in [2.45, 2.75) is 6.73 Å². The minimum Gasteiger partial charge on any atom is -0.790 e. The minimum absolute atomic E-state index is 0. The first-order chi connectivity index (χ1) is 12.9. The third-order valence-corrected chi connectivity index (χ3v) is 4.83. The molecule has 3 aromatic rings. The molecule has 0 N–H and O–H groups in total. The van der Waals surface area contributed by atoms with Gasteiger partial charge in [-0.2, -0.15) is 5.10 Å². The Balaban J connectivity index is 0.00000150. The summed E-state index contributed by atoms with van der Waals surface area (Å²) >= 11 is 3.40. The molecular weight excluding hydrogens is 485 g/mol. The summed E-state index contributed by atoms with van der Waals surface area (Å²) < 4.78 is 28.2. The van der Waals surface area contributed by atoms with Crippen LogP contribution in [0.4, 0.5) is 0 Å². The summed E-state index contributed by atoms with van der Waals surface area (Å²) in [4.78, 5) is 21.8. The zero-order valence-corrected chi connectivity index (χ0v) is 22.2. The van der Waals surface area contributed by atoms with E-state index >= 15 is 0 Å². The number of hydrogen-bond donors (Lipinski definition) is 0. The molecule has 29 heavy (non-hydrogen) atoms. The van der Waals surface area contributed by atoms with Crippen LogP contribution in [-0.4, -0.2) is 16.6 Å². The Morgan fingerprint density at radius 1 is 1.07 bits per heavy atom. The molecule has 2 aromatic carbocycles. The molecule has 0 unspecified atom stereocenters. The van der Waals surface area contributed by atoms with Crippen molar-refractivity contribution in [3.05, 3.63) is 53.0 Å². The number of ether oxygens (including phenoxy) is 2. The number of phosphoric ester groups is 1. The molecule has 0 saturated carbocycles. The summed E-state index contributed by atoms with van der Waals surface area (Å²) in [7, 11) is -5.13. The maximum Gasteiger partial charge on any atom is 1.00 e. The molecule has 0 bridgehead atoms. The first-order valence-electron chi connectivity index (χ1n) is 7.79. The Morgan fingerprint density at radius 2 is 1.83 bits per heavy atom. The second-order valence-corrected chi connectivity index (χ2v) is 7.77. The number of nitrogens with zero attached hydrogens (tertiary/aromatic N) is 2. The number of benzene rings is 2. The van der Waals surface area contributed by atoms with Crippen LogP contribution < -0.4 is 78.4 Å². The van der Waals surface area contributed by atoms with E-state index in [2.05, 4.69) is 25.6 Å². The van der Waals surface area contributed by atoms with Crippen LogP contribution in [0.25, 0.3) is 22.5 Å². The monoisotopic (exact) mass is 496 g/mol. The Bertz CT molecular complexity index is 1060. The SMILES string of the molecule is O=P([O-])([O-])OCn1nc(-c2ccc3c(c2)OCO3)cc1-c1cccc(Br)c1.[Na+].[Na+]. The fourth-order valence-corrected chi connectivity index (χ4v) is 3.37. The molecule has 140 valence electrons. The number of phosphoric acid groups is 1. The maximum atomic E-state index is 10.9. The van der Waals surface area contributed by atoms with E-state index in [0.29, 0.717) is 22.9 Å². The van der Waals surface area contributed by atoms with Crippen molar-refractivity contribution in [2.24, 2.45) is 0 Å². The molecule has 8 nitrogen and oxygen atoms in total. The van der Waals surface area contributed by atoms with Gasteiger partial charge in [0.05, 0.1) is 19.2 Å². The number of aromatic nitrogens is 2. The normalized spacial score (nSPS) is 12.2. The van der Waals surface area contributed by atoms with Crippen LogP contribution in [0.5, 0.6) is 11.5 Å². The second-order valence-electron chi connectivity index (χ2n) is 5.70. The van der Waals surface area contributed by atoms with Crippen LogP contribution in [-0.2, 0) is 15.8 Å². The molecular formula is C17H12BrN2Na2O6P. The predicted octanol–water partition coefficient (Wildman–Crippen LogP) is -3.48. The molecule has 0 saturated heterocycles. The summed E-state index contributed by atoms with van der Waals surface area (Å²) in [5.41, 5.74) is 2.69. The summed E-state index contributed by atoms with van der Waals surface area (Å²) in [6.45, 7) is -0.358. The average Bonchev–Trinajstić information content (AvgIpc) is 3.25. The quantitative estimate of drug-likeness (QED) is 0.266. The van der Waals surface area contributed by atoms with E-state index in [0.717, 1.165) is 15.6 Å². The Morgan fingerprint density at radius 3 is 2.55 bits per heavy atom. The number of halogens is 1. The smallest absolute Gasteiger partial charge is 0.790 e. The van der Waals surface area contributed by atoms with Gasteiger partial charge in [0.1, 0.15) is 6.73 Å². The molecule has 1 aliphatic heterocycles. The fraction of sp³-hybridized carbons (Fsp3) is 0.118. The van der Waals surface area contributed by atoms with Gasteiger partial charge in [0.15, 0.2) is 11.5 Å². The Hall–Kier alpha value is -0.160. The molecule has 4 rings (SSSR count). The van der Waals surface area contributed by atoms with Gasteiger partial charge in [0, 0.05) is 15.6 Å². The van der Waals surface area contributed by atoms with Crippen molar-refractivity contribution in [1.29, 1.82) is 0 Å². The Labute approximate surface area is 219 Å². The number of fused-ring (bicyclic) bond motifs is 1. The van der Waals surface area contributed by atoms with Gasteiger partial charge in [-0.05, 0) is 36.4 Å². The molecule has 12 heteroatoms. The summed E-state index contributed by atoms with van der Waals surface area (Å²) in [5, 5.41) is 4.40. The molecule has 0 spiro atoms. The summed E-state index contributed by atoms with van der Waals surface area (Å²) in [6.07, 6.45) is 0. The molecule has 1 aliphatic rings. The minimum atomic E-state index is -5.13. The van der Waals surface area contributed by atoms with Crippen LogP contribution in [0, 0.1) is 0 Å². The van der Waals surface area contributed by atoms with E-state index in [1.807, 2.05) is 30.3 Å². The van der Waals surface area contributed by atoms with Crippen LogP contribution in [0.3, 0.4) is 0 Å². The van der Waals surface area contributed by atoms with Crippen LogP contribution in [0.15, 0.2) is 53.0 Å². The first kappa shape index (κ1) is 25.1. The summed E-state index contributed by atoms with van der Waals surface area (Å²) in [6, 6.07) is 14.6. The molecule has 0 amide bonds. The third-order valence-electron chi connectivity index (χ3n) is 3.91. The van der Waals surface area contributed by atoms with E-state index < -0.39 is 14.6 Å².